The van der Waals surface area contributed by atoms with Crippen molar-refractivity contribution in [2.75, 3.05) is 0 Å². The van der Waals surface area contributed by atoms with Crippen LogP contribution in [0.4, 0.5) is 0 Å². The van der Waals surface area contributed by atoms with Crippen LogP contribution in [-0.4, -0.2) is 15.2 Å². The molecule has 0 aliphatic rings. The van der Waals surface area contributed by atoms with Gasteiger partial charge < -0.3 is 9.63 Å². The minimum atomic E-state index is 0.242. The number of rotatable bonds is 5. The van der Waals surface area contributed by atoms with Gasteiger partial charge in [-0.15, -0.1) is 11.8 Å². The van der Waals surface area contributed by atoms with E-state index in [1.54, 1.807) is 30.0 Å². The van der Waals surface area contributed by atoms with E-state index < -0.39 is 0 Å². The highest BCUT2D eigenvalue weighted by Gasteiger charge is 2.08. The van der Waals surface area contributed by atoms with E-state index >= 15 is 0 Å². The van der Waals surface area contributed by atoms with Crippen LogP contribution in [0.15, 0.2) is 64.0 Å². The van der Waals surface area contributed by atoms with Crippen molar-refractivity contribution in [3.8, 4) is 5.75 Å². The summed E-state index contributed by atoms with van der Waals surface area (Å²) in [5, 5.41) is 13.4. The molecule has 1 aromatic heterocycles. The molecule has 0 bridgehead atoms. The van der Waals surface area contributed by atoms with Gasteiger partial charge >= 0.3 is 0 Å². The van der Waals surface area contributed by atoms with Gasteiger partial charge in [-0.1, -0.05) is 35.5 Å². The largest absolute Gasteiger partial charge is 0.508 e. The number of nitrogens with zero attached hydrogens (tertiary/aromatic N) is 2. The van der Waals surface area contributed by atoms with Gasteiger partial charge in [-0.3, -0.25) is 0 Å². The lowest BCUT2D eigenvalue weighted by Crippen LogP contribution is -1.89. The quantitative estimate of drug-likeness (QED) is 0.728. The third-order valence-corrected chi connectivity index (χ3v) is 3.90. The summed E-state index contributed by atoms with van der Waals surface area (Å²) < 4.78 is 5.24. The molecule has 0 saturated carbocycles. The normalized spacial score (nSPS) is 10.7. The first-order valence-electron chi connectivity index (χ1n) is 6.57. The van der Waals surface area contributed by atoms with Crippen molar-refractivity contribution in [2.24, 2.45) is 0 Å². The van der Waals surface area contributed by atoms with Gasteiger partial charge in [-0.2, -0.15) is 4.98 Å². The van der Waals surface area contributed by atoms with E-state index in [2.05, 4.69) is 22.3 Å². The van der Waals surface area contributed by atoms with Crippen LogP contribution in [-0.2, 0) is 12.2 Å². The molecule has 5 heteroatoms. The highest BCUT2D eigenvalue weighted by Crippen LogP contribution is 2.21. The first kappa shape index (κ1) is 13.7. The van der Waals surface area contributed by atoms with Gasteiger partial charge in [0.05, 0.1) is 12.2 Å². The van der Waals surface area contributed by atoms with Gasteiger partial charge in [0.25, 0.3) is 0 Å². The molecule has 0 aliphatic carbocycles. The fourth-order valence-corrected chi connectivity index (χ4v) is 2.69. The molecule has 106 valence electrons. The van der Waals surface area contributed by atoms with Crippen molar-refractivity contribution in [3.05, 3.63) is 71.9 Å². The summed E-state index contributed by atoms with van der Waals surface area (Å²) in [6.45, 7) is 0. The topological polar surface area (TPSA) is 59.2 Å². The van der Waals surface area contributed by atoms with Crippen molar-refractivity contribution in [1.82, 2.24) is 10.1 Å². The zero-order valence-electron chi connectivity index (χ0n) is 11.3. The van der Waals surface area contributed by atoms with Gasteiger partial charge in [-0.05, 0) is 29.8 Å². The number of thioether (sulfide) groups is 1. The highest BCUT2D eigenvalue weighted by molar-refractivity contribution is 7.98. The zero-order valence-corrected chi connectivity index (χ0v) is 12.1. The van der Waals surface area contributed by atoms with E-state index in [1.165, 1.54) is 4.90 Å². The monoisotopic (exact) mass is 298 g/mol. The van der Waals surface area contributed by atoms with E-state index in [9.17, 15) is 5.11 Å². The Morgan fingerprint density at radius 2 is 1.90 bits per heavy atom. The van der Waals surface area contributed by atoms with Crippen LogP contribution in [0.2, 0.25) is 0 Å². The van der Waals surface area contributed by atoms with Gasteiger partial charge in [-0.25, -0.2) is 0 Å². The van der Waals surface area contributed by atoms with Gasteiger partial charge in [0.15, 0.2) is 5.82 Å². The molecule has 0 spiro atoms. The molecule has 0 unspecified atom stereocenters. The maximum absolute atomic E-state index is 9.44. The summed E-state index contributed by atoms with van der Waals surface area (Å²) in [5.74, 6) is 2.16. The fraction of sp³-hybridized carbons (Fsp3) is 0.125. The van der Waals surface area contributed by atoms with Crippen molar-refractivity contribution < 1.29 is 9.63 Å². The van der Waals surface area contributed by atoms with Gasteiger partial charge in [0, 0.05) is 4.90 Å². The second-order valence-corrected chi connectivity index (χ2v) is 5.60. The van der Waals surface area contributed by atoms with E-state index in [-0.39, 0.29) is 5.75 Å². The summed E-state index contributed by atoms with van der Waals surface area (Å²) in [7, 11) is 0. The molecule has 1 heterocycles. The average Bonchev–Trinajstić information content (AvgIpc) is 2.94. The standard InChI is InChI=1S/C16H14N2O2S/c19-13-6-4-5-12(9-13)10-16-17-15(18-20-16)11-21-14-7-2-1-3-8-14/h1-9,19H,10-11H2. The smallest absolute Gasteiger partial charge is 0.231 e. The number of aromatic nitrogens is 2. The summed E-state index contributed by atoms with van der Waals surface area (Å²) in [4.78, 5) is 5.55. The lowest BCUT2D eigenvalue weighted by molar-refractivity contribution is 0.380. The Labute approximate surface area is 126 Å². The Kier molecular flexibility index (Phi) is 4.21. The maximum Gasteiger partial charge on any atom is 0.231 e. The molecular weight excluding hydrogens is 284 g/mol. The lowest BCUT2D eigenvalue weighted by atomic mass is 10.1. The van der Waals surface area contributed by atoms with Crippen molar-refractivity contribution in [2.45, 2.75) is 17.1 Å². The van der Waals surface area contributed by atoms with Crippen LogP contribution in [0, 0.1) is 0 Å². The number of aromatic hydroxyl groups is 1. The van der Waals surface area contributed by atoms with E-state index in [0.717, 1.165) is 5.56 Å². The molecule has 4 nitrogen and oxygen atoms in total. The summed E-state index contributed by atoms with van der Waals surface area (Å²) in [5.41, 5.74) is 0.945. The van der Waals surface area contributed by atoms with E-state index in [0.29, 0.717) is 23.9 Å². The second-order valence-electron chi connectivity index (χ2n) is 4.55. The molecule has 1 N–H and O–H groups in total. The van der Waals surface area contributed by atoms with Crippen molar-refractivity contribution >= 4 is 11.8 Å². The number of phenolic OH excluding ortho intramolecular Hbond substituents is 1. The minimum absolute atomic E-state index is 0.242. The summed E-state index contributed by atoms with van der Waals surface area (Å²) in [6.07, 6.45) is 0.525. The SMILES string of the molecule is Oc1cccc(Cc2nc(CSc3ccccc3)no2)c1. The third-order valence-electron chi connectivity index (χ3n) is 2.89. The number of hydrogen-bond acceptors (Lipinski definition) is 5. The van der Waals surface area contributed by atoms with Crippen LogP contribution < -0.4 is 0 Å². The highest BCUT2D eigenvalue weighted by atomic mass is 32.2. The first-order chi connectivity index (χ1) is 10.3. The van der Waals surface area contributed by atoms with E-state index in [4.69, 9.17) is 4.52 Å². The fourth-order valence-electron chi connectivity index (χ4n) is 1.93. The Balaban J connectivity index is 1.61. The molecule has 3 rings (SSSR count). The zero-order chi connectivity index (χ0) is 14.5. The van der Waals surface area contributed by atoms with Crippen LogP contribution >= 0.6 is 11.8 Å². The third kappa shape index (κ3) is 3.86. The second kappa shape index (κ2) is 6.45. The van der Waals surface area contributed by atoms with Gasteiger partial charge in [0.1, 0.15) is 5.75 Å². The first-order valence-corrected chi connectivity index (χ1v) is 7.55. The summed E-state index contributed by atoms with van der Waals surface area (Å²) in [6, 6.07) is 17.2. The molecule has 0 fully saturated rings. The molecule has 3 aromatic rings. The molecule has 0 aliphatic heterocycles. The minimum Gasteiger partial charge on any atom is -0.508 e. The van der Waals surface area contributed by atoms with Crippen molar-refractivity contribution in [3.63, 3.8) is 0 Å². The molecule has 0 saturated heterocycles. The molecule has 0 amide bonds. The Hall–Kier alpha value is -2.27. The Bertz CT molecular complexity index is 713. The van der Waals surface area contributed by atoms with Crippen LogP contribution in [0.25, 0.3) is 0 Å². The molecule has 0 radical (unpaired) electrons. The average molecular weight is 298 g/mol. The van der Waals surface area contributed by atoms with Crippen LogP contribution in [0.5, 0.6) is 5.75 Å². The van der Waals surface area contributed by atoms with Crippen LogP contribution in [0.3, 0.4) is 0 Å². The number of phenols is 1. The lowest BCUT2D eigenvalue weighted by Gasteiger charge is -1.97. The summed E-state index contributed by atoms with van der Waals surface area (Å²) >= 11 is 1.67. The predicted molar refractivity (Wildman–Crippen MR) is 81.2 cm³/mol. The molecular formula is C16H14N2O2S. The molecule has 0 atom stereocenters. The Morgan fingerprint density at radius 1 is 1.05 bits per heavy atom. The molecule has 21 heavy (non-hydrogen) atoms. The van der Waals surface area contributed by atoms with E-state index in [1.807, 2.05) is 24.3 Å². The predicted octanol–water partition coefficient (Wildman–Crippen LogP) is 3.66. The Morgan fingerprint density at radius 3 is 2.71 bits per heavy atom. The van der Waals surface area contributed by atoms with Crippen molar-refractivity contribution in [1.29, 1.82) is 0 Å². The molecule has 2 aromatic carbocycles. The number of benzene rings is 2. The van der Waals surface area contributed by atoms with Crippen LogP contribution in [0.1, 0.15) is 17.3 Å². The maximum atomic E-state index is 9.44. The number of hydrogen-bond donors (Lipinski definition) is 1. The van der Waals surface area contributed by atoms with Gasteiger partial charge in [0.2, 0.25) is 5.89 Å².